The Hall–Kier alpha value is -3.71. The quantitative estimate of drug-likeness (QED) is 0.239. The highest BCUT2D eigenvalue weighted by atomic mass is 16.1. The molecule has 4 aromatic carbocycles. The lowest BCUT2D eigenvalue weighted by Gasteiger charge is -2.33. The number of benzene rings is 4. The van der Waals surface area contributed by atoms with Crippen molar-refractivity contribution in [1.29, 1.82) is 0 Å². The maximum atomic E-state index is 12.6. The van der Waals surface area contributed by atoms with E-state index in [4.69, 9.17) is 0 Å². The van der Waals surface area contributed by atoms with Gasteiger partial charge in [0.05, 0.1) is 0 Å². The molecule has 0 aliphatic carbocycles. The topological polar surface area (TPSA) is 17.1 Å². The van der Waals surface area contributed by atoms with Crippen molar-refractivity contribution in [2.45, 2.75) is 19.3 Å². The van der Waals surface area contributed by atoms with Gasteiger partial charge < -0.3 is 0 Å². The highest BCUT2D eigenvalue weighted by molar-refractivity contribution is 6.08. The van der Waals surface area contributed by atoms with Gasteiger partial charge in [-0.05, 0) is 52.4 Å². The Morgan fingerprint density at radius 2 is 1.23 bits per heavy atom. The molecule has 0 bridgehead atoms. The third kappa shape index (κ3) is 3.53. The van der Waals surface area contributed by atoms with E-state index in [0.717, 1.165) is 44.2 Å². The highest BCUT2D eigenvalue weighted by Gasteiger charge is 2.33. The van der Waals surface area contributed by atoms with Crippen molar-refractivity contribution in [3.05, 3.63) is 131 Å². The molecule has 31 heavy (non-hydrogen) atoms. The molecule has 0 heterocycles. The number of hydrogen-bond acceptors (Lipinski definition) is 1. The molecular formula is C30H26O. The summed E-state index contributed by atoms with van der Waals surface area (Å²) in [5.74, 6) is 0.0735. The first-order valence-corrected chi connectivity index (χ1v) is 10.5. The molecule has 0 aromatic heterocycles. The molecule has 0 radical (unpaired) electrons. The molecule has 0 N–H and O–H groups in total. The lowest BCUT2D eigenvalue weighted by Crippen LogP contribution is -2.26. The van der Waals surface area contributed by atoms with Crippen molar-refractivity contribution < 1.29 is 4.79 Å². The molecule has 0 spiro atoms. The molecule has 4 rings (SSSR count). The van der Waals surface area contributed by atoms with Gasteiger partial charge in [0.25, 0.3) is 0 Å². The first-order valence-electron chi connectivity index (χ1n) is 10.5. The van der Waals surface area contributed by atoms with E-state index in [-0.39, 0.29) is 5.78 Å². The van der Waals surface area contributed by atoms with Crippen molar-refractivity contribution in [3.63, 3.8) is 0 Å². The van der Waals surface area contributed by atoms with E-state index >= 15 is 0 Å². The predicted molar refractivity (Wildman–Crippen MR) is 133 cm³/mol. The van der Waals surface area contributed by atoms with Crippen LogP contribution in [0.5, 0.6) is 0 Å². The van der Waals surface area contributed by atoms with Crippen LogP contribution < -0.4 is 0 Å². The third-order valence-corrected chi connectivity index (χ3v) is 6.27. The van der Waals surface area contributed by atoms with Crippen LogP contribution in [-0.2, 0) is 5.41 Å². The average Bonchev–Trinajstić information content (AvgIpc) is 2.82. The minimum Gasteiger partial charge on any atom is -0.294 e. The Kier molecular flexibility index (Phi) is 5.44. The molecule has 152 valence electrons. The van der Waals surface area contributed by atoms with Gasteiger partial charge in [-0.15, -0.1) is 0 Å². The lowest BCUT2D eigenvalue weighted by molar-refractivity contribution is 0.101. The van der Waals surface area contributed by atoms with Crippen LogP contribution in [0, 0.1) is 0 Å². The maximum absolute atomic E-state index is 12.6. The van der Waals surface area contributed by atoms with Gasteiger partial charge in [-0.1, -0.05) is 110 Å². The number of ketones is 1. The number of carbonyl (C=O) groups excluding carboxylic acids is 1. The molecule has 0 fully saturated rings. The van der Waals surface area contributed by atoms with Crippen LogP contribution in [0.1, 0.15) is 52.0 Å². The zero-order chi connectivity index (χ0) is 22.0. The maximum Gasteiger partial charge on any atom is 0.160 e. The fourth-order valence-corrected chi connectivity index (χ4v) is 4.43. The van der Waals surface area contributed by atoms with E-state index in [1.54, 1.807) is 6.92 Å². The van der Waals surface area contributed by atoms with Crippen LogP contribution in [-0.4, -0.2) is 5.78 Å². The van der Waals surface area contributed by atoms with Gasteiger partial charge in [-0.25, -0.2) is 0 Å². The van der Waals surface area contributed by atoms with Crippen molar-refractivity contribution in [2.75, 3.05) is 0 Å². The Labute approximate surface area is 184 Å². The minimum absolute atomic E-state index is 0.0735. The highest BCUT2D eigenvalue weighted by Crippen LogP contribution is 2.43. The summed E-state index contributed by atoms with van der Waals surface area (Å²) < 4.78 is 0. The Bertz CT molecular complexity index is 1220. The summed E-state index contributed by atoms with van der Waals surface area (Å²) in [5.41, 5.74) is 5.90. The first kappa shape index (κ1) is 20.6. The molecule has 0 saturated heterocycles. The zero-order valence-electron chi connectivity index (χ0n) is 18.1. The molecule has 1 heteroatoms. The van der Waals surface area contributed by atoms with Crippen molar-refractivity contribution >= 4 is 28.7 Å². The van der Waals surface area contributed by atoms with Gasteiger partial charge in [0, 0.05) is 11.0 Å². The Morgan fingerprint density at radius 3 is 1.68 bits per heavy atom. The van der Waals surface area contributed by atoms with E-state index in [9.17, 15) is 4.79 Å². The van der Waals surface area contributed by atoms with E-state index in [1.807, 2.05) is 24.3 Å². The van der Waals surface area contributed by atoms with Crippen LogP contribution in [0.2, 0.25) is 0 Å². The number of Topliss-reactive ketones (excluding diaryl/α,β-unsaturated/α-hetero) is 1. The van der Waals surface area contributed by atoms with Gasteiger partial charge in [-0.3, -0.25) is 4.79 Å². The normalized spacial score (nSPS) is 11.3. The third-order valence-electron chi connectivity index (χ3n) is 6.27. The largest absolute Gasteiger partial charge is 0.294 e. The molecule has 0 atom stereocenters. The van der Waals surface area contributed by atoms with Crippen LogP contribution >= 0.6 is 0 Å². The van der Waals surface area contributed by atoms with E-state index in [1.165, 1.54) is 0 Å². The minimum atomic E-state index is -0.454. The summed E-state index contributed by atoms with van der Waals surface area (Å²) >= 11 is 0. The Morgan fingerprint density at radius 1 is 0.742 bits per heavy atom. The number of hydrogen-bond donors (Lipinski definition) is 0. The van der Waals surface area contributed by atoms with Crippen molar-refractivity contribution in [3.8, 4) is 0 Å². The fourth-order valence-electron chi connectivity index (χ4n) is 4.43. The summed E-state index contributed by atoms with van der Waals surface area (Å²) in [4.78, 5) is 12.6. The molecule has 4 aromatic rings. The summed E-state index contributed by atoms with van der Waals surface area (Å²) in [6, 6.07) is 29.3. The standard InChI is InChI=1S/C30H26O/c1-5-22-13-17-25(18-14-22)30(4,26-19-15-23(6-2)16-20-26)28-12-8-10-24-9-7-11-27(21(3)31)29(24)28/h5-20H,1-2H2,3-4H3. The van der Waals surface area contributed by atoms with E-state index in [2.05, 4.69) is 92.9 Å². The number of fused-ring (bicyclic) bond motifs is 1. The zero-order valence-corrected chi connectivity index (χ0v) is 18.1. The molecule has 0 aliphatic rings. The van der Waals surface area contributed by atoms with E-state index in [0.29, 0.717) is 0 Å². The molecule has 0 saturated carbocycles. The summed E-state index contributed by atoms with van der Waals surface area (Å²) in [6.45, 7) is 11.6. The second-order valence-corrected chi connectivity index (χ2v) is 8.04. The number of carbonyl (C=O) groups is 1. The van der Waals surface area contributed by atoms with Gasteiger partial charge in [0.15, 0.2) is 5.78 Å². The van der Waals surface area contributed by atoms with Gasteiger partial charge >= 0.3 is 0 Å². The second kappa shape index (κ2) is 8.20. The van der Waals surface area contributed by atoms with Gasteiger partial charge in [-0.2, -0.15) is 0 Å². The fraction of sp³-hybridized carbons (Fsp3) is 0.100. The average molecular weight is 403 g/mol. The smallest absolute Gasteiger partial charge is 0.160 e. The van der Waals surface area contributed by atoms with Crippen molar-refractivity contribution in [2.24, 2.45) is 0 Å². The number of rotatable bonds is 6. The predicted octanol–water partition coefficient (Wildman–Crippen LogP) is 7.68. The Balaban J connectivity index is 2.09. The van der Waals surface area contributed by atoms with Crippen LogP contribution in [0.15, 0.2) is 98.1 Å². The molecule has 0 aliphatic heterocycles. The van der Waals surface area contributed by atoms with Crippen LogP contribution in [0.4, 0.5) is 0 Å². The summed E-state index contributed by atoms with van der Waals surface area (Å²) in [5, 5.41) is 2.09. The van der Waals surface area contributed by atoms with Gasteiger partial charge in [0.1, 0.15) is 0 Å². The lowest BCUT2D eigenvalue weighted by atomic mass is 9.69. The SMILES string of the molecule is C=Cc1ccc(C(C)(c2ccc(C=C)cc2)c2cccc3cccc(C(C)=O)c23)cc1. The molecule has 1 nitrogen and oxygen atoms in total. The molecular weight excluding hydrogens is 376 g/mol. The molecule has 0 amide bonds. The van der Waals surface area contributed by atoms with Gasteiger partial charge in [0.2, 0.25) is 0 Å². The summed E-state index contributed by atoms with van der Waals surface area (Å²) in [6.07, 6.45) is 3.71. The first-order chi connectivity index (χ1) is 15.0. The monoisotopic (exact) mass is 402 g/mol. The van der Waals surface area contributed by atoms with Crippen LogP contribution in [0.25, 0.3) is 22.9 Å². The summed E-state index contributed by atoms with van der Waals surface area (Å²) in [7, 11) is 0. The van der Waals surface area contributed by atoms with Crippen LogP contribution in [0.3, 0.4) is 0 Å². The van der Waals surface area contributed by atoms with E-state index < -0.39 is 5.41 Å². The van der Waals surface area contributed by atoms with Crippen molar-refractivity contribution in [1.82, 2.24) is 0 Å². The second-order valence-electron chi connectivity index (χ2n) is 8.04. The molecule has 0 unspecified atom stereocenters.